The third kappa shape index (κ3) is 5.27. The van der Waals surface area contributed by atoms with Crippen molar-refractivity contribution in [3.05, 3.63) is 69.8 Å². The maximum Gasteiger partial charge on any atom is 0.231 e. The second-order valence-electron chi connectivity index (χ2n) is 6.42. The molecule has 9 heteroatoms. The molecule has 0 spiro atoms. The van der Waals surface area contributed by atoms with Gasteiger partial charge in [-0.05, 0) is 23.6 Å². The van der Waals surface area contributed by atoms with Gasteiger partial charge in [-0.3, -0.25) is 9.59 Å². The Balaban J connectivity index is 1.22. The Morgan fingerprint density at radius 1 is 1.00 bits per heavy atom. The number of fused-ring (bicyclic) bond motifs is 1. The zero-order chi connectivity index (χ0) is 20.1. The average molecular weight is 426 g/mol. The van der Waals surface area contributed by atoms with Crippen LogP contribution in [-0.2, 0) is 28.9 Å². The Bertz CT molecular complexity index is 1080. The number of imidazole rings is 1. The Labute approximate surface area is 175 Å². The van der Waals surface area contributed by atoms with Crippen LogP contribution in [0, 0.1) is 0 Å². The van der Waals surface area contributed by atoms with Gasteiger partial charge in [-0.1, -0.05) is 12.1 Å². The number of anilines is 1. The molecular weight excluding hydrogens is 406 g/mol. The van der Waals surface area contributed by atoms with Crippen LogP contribution in [0.3, 0.4) is 0 Å². The second-order valence-corrected chi connectivity index (χ2v) is 8.31. The Morgan fingerprint density at radius 3 is 2.76 bits per heavy atom. The van der Waals surface area contributed by atoms with E-state index >= 15 is 0 Å². The summed E-state index contributed by atoms with van der Waals surface area (Å²) in [5.74, 6) is -0.208. The van der Waals surface area contributed by atoms with Crippen molar-refractivity contribution in [2.45, 2.75) is 19.3 Å². The van der Waals surface area contributed by atoms with Crippen LogP contribution in [0.5, 0.6) is 0 Å². The summed E-state index contributed by atoms with van der Waals surface area (Å²) in [6, 6.07) is 9.69. The molecule has 4 heterocycles. The van der Waals surface area contributed by atoms with E-state index in [0.717, 1.165) is 16.2 Å². The van der Waals surface area contributed by atoms with E-state index in [9.17, 15) is 9.59 Å². The molecule has 4 aromatic heterocycles. The third-order valence-electron chi connectivity index (χ3n) is 4.17. The number of carbonyl (C=O) groups excluding carboxylic acids is 2. The molecule has 0 aromatic carbocycles. The van der Waals surface area contributed by atoms with Crippen molar-refractivity contribution in [3.63, 3.8) is 0 Å². The minimum atomic E-state index is -0.106. The molecule has 0 radical (unpaired) electrons. The van der Waals surface area contributed by atoms with Crippen molar-refractivity contribution in [1.29, 1.82) is 0 Å². The quantitative estimate of drug-likeness (QED) is 0.454. The molecular formula is C20H19N5O2S2. The van der Waals surface area contributed by atoms with Crippen molar-refractivity contribution >= 4 is 45.3 Å². The van der Waals surface area contributed by atoms with Crippen LogP contribution in [0.15, 0.2) is 53.5 Å². The van der Waals surface area contributed by atoms with Gasteiger partial charge in [0.05, 0.1) is 24.2 Å². The number of thiazole rings is 1. The number of amides is 2. The van der Waals surface area contributed by atoms with Gasteiger partial charge in [-0.2, -0.15) is 0 Å². The van der Waals surface area contributed by atoms with E-state index in [1.165, 1.54) is 11.3 Å². The summed E-state index contributed by atoms with van der Waals surface area (Å²) >= 11 is 2.87. The Kier molecular flexibility index (Phi) is 5.97. The average Bonchev–Trinajstić information content (AvgIpc) is 3.43. The number of aromatic nitrogens is 3. The van der Waals surface area contributed by atoms with Crippen LogP contribution in [0.25, 0.3) is 5.65 Å². The van der Waals surface area contributed by atoms with Gasteiger partial charge in [-0.25, -0.2) is 9.97 Å². The van der Waals surface area contributed by atoms with Crippen molar-refractivity contribution < 1.29 is 9.59 Å². The first-order chi connectivity index (χ1) is 14.2. The lowest BCUT2D eigenvalue weighted by Gasteiger charge is -2.02. The van der Waals surface area contributed by atoms with E-state index in [-0.39, 0.29) is 18.2 Å². The topological polar surface area (TPSA) is 88.4 Å². The molecule has 4 aromatic rings. The van der Waals surface area contributed by atoms with E-state index in [2.05, 4.69) is 20.6 Å². The first-order valence-corrected chi connectivity index (χ1v) is 10.9. The van der Waals surface area contributed by atoms with Gasteiger partial charge in [-0.15, -0.1) is 22.7 Å². The summed E-state index contributed by atoms with van der Waals surface area (Å²) in [4.78, 5) is 34.0. The highest BCUT2D eigenvalue weighted by Gasteiger charge is 2.11. The Morgan fingerprint density at radius 2 is 1.93 bits per heavy atom. The first kappa shape index (κ1) is 19.3. The number of pyridine rings is 1. The van der Waals surface area contributed by atoms with E-state index in [0.29, 0.717) is 30.2 Å². The van der Waals surface area contributed by atoms with Crippen LogP contribution in [0.4, 0.5) is 5.13 Å². The number of rotatable bonds is 8. The summed E-state index contributed by atoms with van der Waals surface area (Å²) in [7, 11) is 0. The van der Waals surface area contributed by atoms with Gasteiger partial charge >= 0.3 is 0 Å². The molecule has 0 aliphatic carbocycles. The number of thiophene rings is 1. The number of hydrogen-bond donors (Lipinski definition) is 2. The standard InChI is InChI=1S/C20H19N5O2S2/c26-18(21-7-6-14-12-25-8-2-1-5-17(25)22-14)10-15-13-29-20(23-15)24-19(27)11-16-4-3-9-28-16/h1-5,8-9,12-13H,6-7,10-11H2,(H,21,26)(H,23,24,27). The summed E-state index contributed by atoms with van der Waals surface area (Å²) < 4.78 is 1.96. The molecule has 0 aliphatic rings. The van der Waals surface area contributed by atoms with Crippen LogP contribution >= 0.6 is 22.7 Å². The zero-order valence-electron chi connectivity index (χ0n) is 15.5. The molecule has 7 nitrogen and oxygen atoms in total. The summed E-state index contributed by atoms with van der Waals surface area (Å²) in [6.07, 6.45) is 5.09. The van der Waals surface area contributed by atoms with Crippen molar-refractivity contribution in [2.75, 3.05) is 11.9 Å². The molecule has 0 saturated heterocycles. The van der Waals surface area contributed by atoms with Crippen LogP contribution < -0.4 is 10.6 Å². The summed E-state index contributed by atoms with van der Waals surface area (Å²) in [5.41, 5.74) is 2.47. The minimum absolute atomic E-state index is 0.101. The molecule has 0 saturated carbocycles. The maximum absolute atomic E-state index is 12.2. The fraction of sp³-hybridized carbons (Fsp3) is 0.200. The van der Waals surface area contributed by atoms with Gasteiger partial charge in [0.15, 0.2) is 5.13 Å². The molecule has 2 N–H and O–H groups in total. The van der Waals surface area contributed by atoms with E-state index in [1.807, 2.05) is 52.5 Å². The van der Waals surface area contributed by atoms with Crippen molar-refractivity contribution in [1.82, 2.24) is 19.7 Å². The molecule has 0 unspecified atom stereocenters. The Hall–Kier alpha value is -3.04. The molecule has 0 aliphatic heterocycles. The van der Waals surface area contributed by atoms with Gasteiger partial charge < -0.3 is 15.0 Å². The molecule has 29 heavy (non-hydrogen) atoms. The highest BCUT2D eigenvalue weighted by atomic mass is 32.1. The lowest BCUT2D eigenvalue weighted by atomic mass is 10.3. The van der Waals surface area contributed by atoms with Crippen molar-refractivity contribution in [3.8, 4) is 0 Å². The minimum Gasteiger partial charge on any atom is -0.355 e. The predicted molar refractivity (Wildman–Crippen MR) is 114 cm³/mol. The monoisotopic (exact) mass is 425 g/mol. The molecule has 2 amide bonds. The number of carbonyl (C=O) groups is 2. The lowest BCUT2D eigenvalue weighted by molar-refractivity contribution is -0.120. The lowest BCUT2D eigenvalue weighted by Crippen LogP contribution is -2.27. The first-order valence-electron chi connectivity index (χ1n) is 9.12. The van der Waals surface area contributed by atoms with E-state index in [1.54, 1.807) is 16.7 Å². The van der Waals surface area contributed by atoms with Crippen LogP contribution in [0.1, 0.15) is 16.3 Å². The second kappa shape index (κ2) is 8.97. The van der Waals surface area contributed by atoms with Gasteiger partial charge in [0.1, 0.15) is 5.65 Å². The van der Waals surface area contributed by atoms with Crippen LogP contribution in [-0.4, -0.2) is 32.7 Å². The number of nitrogens with zero attached hydrogens (tertiary/aromatic N) is 3. The highest BCUT2D eigenvalue weighted by molar-refractivity contribution is 7.14. The maximum atomic E-state index is 12.2. The van der Waals surface area contributed by atoms with Gasteiger partial charge in [0.2, 0.25) is 11.8 Å². The largest absolute Gasteiger partial charge is 0.355 e. The zero-order valence-corrected chi connectivity index (χ0v) is 17.1. The number of nitrogens with one attached hydrogen (secondary N) is 2. The number of hydrogen-bond acceptors (Lipinski definition) is 6. The van der Waals surface area contributed by atoms with Gasteiger partial charge in [0.25, 0.3) is 0 Å². The summed E-state index contributed by atoms with van der Waals surface area (Å²) in [5, 5.41) is 9.93. The van der Waals surface area contributed by atoms with E-state index in [4.69, 9.17) is 0 Å². The van der Waals surface area contributed by atoms with Gasteiger partial charge in [0, 0.05) is 35.6 Å². The fourth-order valence-electron chi connectivity index (χ4n) is 2.85. The molecule has 4 rings (SSSR count). The molecule has 0 fully saturated rings. The van der Waals surface area contributed by atoms with Crippen molar-refractivity contribution in [2.24, 2.45) is 0 Å². The third-order valence-corrected chi connectivity index (χ3v) is 5.85. The highest BCUT2D eigenvalue weighted by Crippen LogP contribution is 2.17. The predicted octanol–water partition coefficient (Wildman–Crippen LogP) is 2.93. The normalized spacial score (nSPS) is 10.9. The molecule has 0 bridgehead atoms. The van der Waals surface area contributed by atoms with E-state index < -0.39 is 0 Å². The smallest absolute Gasteiger partial charge is 0.231 e. The summed E-state index contributed by atoms with van der Waals surface area (Å²) in [6.45, 7) is 0.511. The SMILES string of the molecule is O=C(Cc1csc(NC(=O)Cc2cccs2)n1)NCCc1cn2ccccc2n1. The molecule has 148 valence electrons. The molecule has 0 atom stereocenters. The van der Waals surface area contributed by atoms with Crippen LogP contribution in [0.2, 0.25) is 0 Å². The fourth-order valence-corrected chi connectivity index (χ4v) is 4.27.